The Labute approximate surface area is 117 Å². The molecule has 0 radical (unpaired) electrons. The molecule has 0 atom stereocenters. The SMILES string of the molecule is O=[N+]([O-])c1cc(O)ccc1NCCCc1ccccc1. The summed E-state index contributed by atoms with van der Waals surface area (Å²) in [6.07, 6.45) is 1.79. The molecule has 2 N–H and O–H groups in total. The second kappa shape index (κ2) is 6.56. The molecule has 0 aliphatic rings. The molecule has 0 bridgehead atoms. The molecule has 0 fully saturated rings. The minimum Gasteiger partial charge on any atom is -0.508 e. The van der Waals surface area contributed by atoms with Crippen molar-refractivity contribution in [2.24, 2.45) is 0 Å². The Morgan fingerprint density at radius 2 is 1.90 bits per heavy atom. The van der Waals surface area contributed by atoms with Crippen molar-refractivity contribution in [1.82, 2.24) is 0 Å². The Bertz CT molecular complexity index is 585. The van der Waals surface area contributed by atoms with Gasteiger partial charge in [0.15, 0.2) is 0 Å². The lowest BCUT2D eigenvalue weighted by molar-refractivity contribution is -0.384. The van der Waals surface area contributed by atoms with Crippen LogP contribution in [0.1, 0.15) is 12.0 Å². The van der Waals surface area contributed by atoms with Crippen molar-refractivity contribution in [3.05, 3.63) is 64.2 Å². The van der Waals surface area contributed by atoms with E-state index in [2.05, 4.69) is 17.4 Å². The molecular formula is C15H16N2O3. The van der Waals surface area contributed by atoms with Gasteiger partial charge < -0.3 is 10.4 Å². The summed E-state index contributed by atoms with van der Waals surface area (Å²) in [6, 6.07) is 14.2. The lowest BCUT2D eigenvalue weighted by atomic mass is 10.1. The number of nitrogens with one attached hydrogen (secondary N) is 1. The number of hydrogen-bond acceptors (Lipinski definition) is 4. The maximum absolute atomic E-state index is 10.9. The first-order chi connectivity index (χ1) is 9.66. The summed E-state index contributed by atoms with van der Waals surface area (Å²) in [5.41, 5.74) is 1.57. The Morgan fingerprint density at radius 3 is 2.60 bits per heavy atom. The summed E-state index contributed by atoms with van der Waals surface area (Å²) in [7, 11) is 0. The van der Waals surface area contributed by atoms with Gasteiger partial charge in [0.2, 0.25) is 0 Å². The summed E-state index contributed by atoms with van der Waals surface area (Å²) in [4.78, 5) is 10.4. The molecule has 104 valence electrons. The number of nitro benzene ring substituents is 1. The summed E-state index contributed by atoms with van der Waals surface area (Å²) < 4.78 is 0. The van der Waals surface area contributed by atoms with Gasteiger partial charge in [-0.2, -0.15) is 0 Å². The fourth-order valence-electron chi connectivity index (χ4n) is 1.98. The number of benzene rings is 2. The van der Waals surface area contributed by atoms with Crippen molar-refractivity contribution < 1.29 is 10.0 Å². The monoisotopic (exact) mass is 272 g/mol. The summed E-state index contributed by atoms with van der Waals surface area (Å²) in [5.74, 6) is -0.105. The lowest BCUT2D eigenvalue weighted by Gasteiger charge is -2.07. The number of rotatable bonds is 6. The van der Waals surface area contributed by atoms with Gasteiger partial charge in [0.05, 0.1) is 11.0 Å². The van der Waals surface area contributed by atoms with Gasteiger partial charge in [-0.1, -0.05) is 30.3 Å². The number of aromatic hydroxyl groups is 1. The van der Waals surface area contributed by atoms with E-state index in [1.54, 1.807) is 0 Å². The van der Waals surface area contributed by atoms with E-state index in [0.29, 0.717) is 12.2 Å². The van der Waals surface area contributed by atoms with Crippen LogP contribution in [-0.2, 0) is 6.42 Å². The molecule has 0 unspecified atom stereocenters. The number of anilines is 1. The van der Waals surface area contributed by atoms with Gasteiger partial charge in [0.25, 0.3) is 5.69 Å². The fraction of sp³-hybridized carbons (Fsp3) is 0.200. The Balaban J connectivity index is 1.90. The molecule has 20 heavy (non-hydrogen) atoms. The van der Waals surface area contributed by atoms with E-state index in [1.165, 1.54) is 17.7 Å². The molecule has 0 amide bonds. The fourth-order valence-corrected chi connectivity index (χ4v) is 1.98. The van der Waals surface area contributed by atoms with E-state index in [9.17, 15) is 15.2 Å². The largest absolute Gasteiger partial charge is 0.508 e. The number of phenolic OH excluding ortho intramolecular Hbond substituents is 1. The maximum atomic E-state index is 10.9. The zero-order valence-electron chi connectivity index (χ0n) is 11.0. The van der Waals surface area contributed by atoms with Crippen LogP contribution in [0.3, 0.4) is 0 Å². The van der Waals surface area contributed by atoms with Gasteiger partial charge in [-0.15, -0.1) is 0 Å². The van der Waals surface area contributed by atoms with Crippen LogP contribution in [0.4, 0.5) is 11.4 Å². The van der Waals surface area contributed by atoms with Crippen LogP contribution in [-0.4, -0.2) is 16.6 Å². The molecule has 2 rings (SSSR count). The van der Waals surface area contributed by atoms with Crippen molar-refractivity contribution in [3.63, 3.8) is 0 Å². The standard InChI is InChI=1S/C15H16N2O3/c18-13-8-9-14(15(11-13)17(19)20)16-10-4-7-12-5-2-1-3-6-12/h1-3,5-6,8-9,11,16,18H,4,7,10H2. The van der Waals surface area contributed by atoms with Gasteiger partial charge in [0.1, 0.15) is 11.4 Å². The van der Waals surface area contributed by atoms with Crippen molar-refractivity contribution in [2.75, 3.05) is 11.9 Å². The molecule has 2 aromatic carbocycles. The van der Waals surface area contributed by atoms with Crippen LogP contribution in [0.5, 0.6) is 5.75 Å². The topological polar surface area (TPSA) is 75.4 Å². The van der Waals surface area contributed by atoms with E-state index < -0.39 is 4.92 Å². The quantitative estimate of drug-likeness (QED) is 0.366. The first kappa shape index (κ1) is 13.9. The lowest BCUT2D eigenvalue weighted by Crippen LogP contribution is -2.05. The van der Waals surface area contributed by atoms with E-state index in [-0.39, 0.29) is 11.4 Å². The van der Waals surface area contributed by atoms with Crippen LogP contribution in [0.25, 0.3) is 0 Å². The highest BCUT2D eigenvalue weighted by Crippen LogP contribution is 2.28. The van der Waals surface area contributed by atoms with Gasteiger partial charge >= 0.3 is 0 Å². The van der Waals surface area contributed by atoms with Crippen molar-refractivity contribution in [3.8, 4) is 5.75 Å². The van der Waals surface area contributed by atoms with Gasteiger partial charge in [0, 0.05) is 6.54 Å². The summed E-state index contributed by atoms with van der Waals surface area (Å²) >= 11 is 0. The second-order valence-corrected chi connectivity index (χ2v) is 4.47. The number of nitro groups is 1. The van der Waals surface area contributed by atoms with Crippen molar-refractivity contribution in [2.45, 2.75) is 12.8 Å². The summed E-state index contributed by atoms with van der Waals surface area (Å²) in [5, 5.41) is 23.2. The minimum absolute atomic E-state index is 0.105. The molecule has 0 saturated carbocycles. The first-order valence-electron chi connectivity index (χ1n) is 6.42. The highest BCUT2D eigenvalue weighted by molar-refractivity contribution is 5.63. The Morgan fingerprint density at radius 1 is 1.15 bits per heavy atom. The van der Waals surface area contributed by atoms with E-state index in [4.69, 9.17) is 0 Å². The van der Waals surface area contributed by atoms with E-state index in [0.717, 1.165) is 18.9 Å². The highest BCUT2D eigenvalue weighted by atomic mass is 16.6. The number of nitrogens with zero attached hydrogens (tertiary/aromatic N) is 1. The second-order valence-electron chi connectivity index (χ2n) is 4.47. The molecular weight excluding hydrogens is 256 g/mol. The molecule has 0 aliphatic heterocycles. The number of aryl methyl sites for hydroxylation is 1. The third kappa shape index (κ3) is 3.71. The third-order valence-corrected chi connectivity index (χ3v) is 2.98. The zero-order chi connectivity index (χ0) is 14.4. The Kier molecular flexibility index (Phi) is 4.55. The molecule has 2 aromatic rings. The van der Waals surface area contributed by atoms with Crippen LogP contribution in [0, 0.1) is 10.1 Å². The van der Waals surface area contributed by atoms with Crippen LogP contribution < -0.4 is 5.32 Å². The van der Waals surface area contributed by atoms with Crippen LogP contribution in [0.15, 0.2) is 48.5 Å². The highest BCUT2D eigenvalue weighted by Gasteiger charge is 2.13. The van der Waals surface area contributed by atoms with Gasteiger partial charge in [-0.25, -0.2) is 0 Å². The average molecular weight is 272 g/mol. The molecule has 0 aromatic heterocycles. The number of hydrogen-bond donors (Lipinski definition) is 2. The predicted octanol–water partition coefficient (Wildman–Crippen LogP) is 3.35. The van der Waals surface area contributed by atoms with E-state index >= 15 is 0 Å². The zero-order valence-corrected chi connectivity index (χ0v) is 11.0. The van der Waals surface area contributed by atoms with Crippen molar-refractivity contribution >= 4 is 11.4 Å². The van der Waals surface area contributed by atoms with Gasteiger partial charge in [-0.05, 0) is 30.5 Å². The predicted molar refractivity (Wildman–Crippen MR) is 78.0 cm³/mol. The Hall–Kier alpha value is -2.56. The molecule has 0 saturated heterocycles. The third-order valence-electron chi connectivity index (χ3n) is 2.98. The molecule has 5 nitrogen and oxygen atoms in total. The first-order valence-corrected chi connectivity index (χ1v) is 6.42. The molecule has 0 aliphatic carbocycles. The smallest absolute Gasteiger partial charge is 0.296 e. The molecule has 0 spiro atoms. The summed E-state index contributed by atoms with van der Waals surface area (Å²) in [6.45, 7) is 0.639. The molecule has 0 heterocycles. The number of phenols is 1. The van der Waals surface area contributed by atoms with Crippen LogP contribution >= 0.6 is 0 Å². The maximum Gasteiger partial charge on any atom is 0.296 e. The van der Waals surface area contributed by atoms with Crippen molar-refractivity contribution in [1.29, 1.82) is 0 Å². The average Bonchev–Trinajstić information content (AvgIpc) is 2.45. The normalized spacial score (nSPS) is 10.2. The minimum atomic E-state index is -0.501. The van der Waals surface area contributed by atoms with Crippen LogP contribution in [0.2, 0.25) is 0 Å². The van der Waals surface area contributed by atoms with E-state index in [1.807, 2.05) is 18.2 Å². The van der Waals surface area contributed by atoms with Gasteiger partial charge in [-0.3, -0.25) is 10.1 Å². The molecule has 5 heteroatoms.